The van der Waals surface area contributed by atoms with Crippen molar-refractivity contribution in [2.45, 2.75) is 64.1 Å². The molecule has 1 saturated carbocycles. The minimum atomic E-state index is -0.157. The van der Waals surface area contributed by atoms with E-state index in [-0.39, 0.29) is 24.5 Å². The lowest BCUT2D eigenvalue weighted by molar-refractivity contribution is -0.0190. The van der Waals surface area contributed by atoms with E-state index in [1.165, 1.54) is 36.8 Å². The first-order chi connectivity index (χ1) is 15.2. The summed E-state index contributed by atoms with van der Waals surface area (Å²) in [5.41, 5.74) is 4.56. The first-order valence-electron chi connectivity index (χ1n) is 11.5. The molecule has 1 saturated heterocycles. The van der Waals surface area contributed by atoms with Gasteiger partial charge in [0.25, 0.3) is 0 Å². The summed E-state index contributed by atoms with van der Waals surface area (Å²) in [6, 6.07) is 17.0. The van der Waals surface area contributed by atoms with Crippen LogP contribution in [0.2, 0.25) is 0 Å². The molecule has 4 aliphatic rings. The predicted octanol–water partition coefficient (Wildman–Crippen LogP) is 4.36. The van der Waals surface area contributed by atoms with Crippen LogP contribution in [0, 0.1) is 25.7 Å². The maximum absolute atomic E-state index is 6.35. The van der Waals surface area contributed by atoms with Gasteiger partial charge in [-0.25, -0.2) is 15.3 Å². The molecule has 0 radical (unpaired) electrons. The van der Waals surface area contributed by atoms with E-state index in [2.05, 4.69) is 67.7 Å². The number of hydrogen-bond acceptors (Lipinski definition) is 5. The van der Waals surface area contributed by atoms with Crippen molar-refractivity contribution >= 4 is 11.8 Å². The van der Waals surface area contributed by atoms with Gasteiger partial charge in [-0.2, -0.15) is 0 Å². The molecule has 1 aliphatic carbocycles. The third-order valence-electron chi connectivity index (χ3n) is 7.29. The Morgan fingerprint density at radius 1 is 0.710 bits per heavy atom. The van der Waals surface area contributed by atoms with E-state index >= 15 is 0 Å². The molecule has 2 fully saturated rings. The zero-order valence-corrected chi connectivity index (χ0v) is 18.1. The Bertz CT molecular complexity index is 946. The Morgan fingerprint density at radius 2 is 1.16 bits per heavy atom. The van der Waals surface area contributed by atoms with Crippen molar-refractivity contribution in [3.63, 3.8) is 0 Å². The Hall–Kier alpha value is -2.66. The molecule has 0 amide bonds. The fourth-order valence-electron chi connectivity index (χ4n) is 5.63. The summed E-state index contributed by atoms with van der Waals surface area (Å²) in [7, 11) is 0. The molecular formula is C26H29N3O2. The van der Waals surface area contributed by atoms with E-state index in [9.17, 15) is 0 Å². The van der Waals surface area contributed by atoms with Crippen LogP contribution in [-0.2, 0) is 9.47 Å². The number of rotatable bonds is 3. The zero-order chi connectivity index (χ0) is 20.9. The molecule has 2 aromatic carbocycles. The maximum atomic E-state index is 6.35. The molecular weight excluding hydrogens is 386 g/mol. The molecule has 5 nitrogen and oxygen atoms in total. The highest BCUT2D eigenvalue weighted by Gasteiger charge is 2.55. The van der Waals surface area contributed by atoms with Crippen LogP contribution in [0.1, 0.15) is 47.9 Å². The molecule has 0 aromatic heterocycles. The zero-order valence-electron chi connectivity index (χ0n) is 18.1. The first-order valence-corrected chi connectivity index (χ1v) is 11.5. The normalized spacial score (nSPS) is 32.0. The van der Waals surface area contributed by atoms with Crippen LogP contribution in [0.25, 0.3) is 0 Å². The summed E-state index contributed by atoms with van der Waals surface area (Å²) in [5.74, 6) is 2.45. The molecule has 0 spiro atoms. The molecule has 0 bridgehead atoms. The number of nitrogens with zero attached hydrogens (tertiary/aromatic N) is 2. The fraction of sp³-hybridized carbons (Fsp3) is 0.462. The van der Waals surface area contributed by atoms with Crippen LogP contribution in [-0.4, -0.2) is 36.3 Å². The molecule has 4 atom stereocenters. The van der Waals surface area contributed by atoms with Crippen molar-refractivity contribution in [2.24, 2.45) is 21.8 Å². The van der Waals surface area contributed by atoms with Gasteiger partial charge in [-0.3, -0.25) is 0 Å². The molecule has 1 N–H and O–H groups in total. The second-order valence-corrected chi connectivity index (χ2v) is 9.45. The van der Waals surface area contributed by atoms with Gasteiger partial charge >= 0.3 is 0 Å². The lowest BCUT2D eigenvalue weighted by Gasteiger charge is -2.41. The maximum Gasteiger partial charge on any atom is 0.218 e. The van der Waals surface area contributed by atoms with Gasteiger partial charge in [0.05, 0.1) is 0 Å². The second-order valence-electron chi connectivity index (χ2n) is 9.45. The summed E-state index contributed by atoms with van der Waals surface area (Å²) in [5, 5.41) is 3.58. The topological polar surface area (TPSA) is 55.2 Å². The van der Waals surface area contributed by atoms with Crippen molar-refractivity contribution in [2.75, 3.05) is 0 Å². The standard InChI is InChI=1S/C26H29N3O2/c1-15-7-11-18(12-8-15)23-27-21-20(17-5-3-4-6-17)22-26(29-25(21)30-23)31-24(28-22)19-13-9-16(2)10-14-19/h7-14,17,20-22,25-26,29H,3-6H2,1-2H3. The Morgan fingerprint density at radius 3 is 1.61 bits per heavy atom. The minimum absolute atomic E-state index is 0.0744. The van der Waals surface area contributed by atoms with Crippen LogP contribution in [0.15, 0.2) is 58.5 Å². The molecule has 31 heavy (non-hydrogen) atoms. The predicted molar refractivity (Wildman–Crippen MR) is 121 cm³/mol. The Kier molecular flexibility index (Phi) is 4.60. The fourth-order valence-corrected chi connectivity index (χ4v) is 5.63. The molecule has 2 aromatic rings. The van der Waals surface area contributed by atoms with E-state index in [0.717, 1.165) is 22.9 Å². The van der Waals surface area contributed by atoms with Crippen LogP contribution in [0.5, 0.6) is 0 Å². The Labute approximate surface area is 183 Å². The SMILES string of the molecule is Cc1ccc(C2=NC3C(NC4OC(c5ccc(C)cc5)=NC4C3C3CCCC3)O2)cc1. The highest BCUT2D eigenvalue weighted by Crippen LogP contribution is 2.44. The third-order valence-corrected chi connectivity index (χ3v) is 7.29. The van der Waals surface area contributed by atoms with E-state index in [1.54, 1.807) is 0 Å². The molecule has 160 valence electrons. The highest BCUT2D eigenvalue weighted by molar-refractivity contribution is 5.96. The van der Waals surface area contributed by atoms with Crippen LogP contribution >= 0.6 is 0 Å². The van der Waals surface area contributed by atoms with E-state index in [0.29, 0.717) is 11.8 Å². The van der Waals surface area contributed by atoms with Crippen LogP contribution in [0.4, 0.5) is 0 Å². The van der Waals surface area contributed by atoms with Gasteiger partial charge in [0.2, 0.25) is 11.8 Å². The number of aryl methyl sites for hydroxylation is 2. The molecule has 3 heterocycles. The number of aliphatic imine (C=N–C) groups is 2. The van der Waals surface area contributed by atoms with Crippen molar-refractivity contribution in [3.8, 4) is 0 Å². The number of ether oxygens (including phenoxy) is 2. The Balaban J connectivity index is 1.34. The van der Waals surface area contributed by atoms with Gasteiger partial charge in [-0.05, 0) is 44.0 Å². The summed E-state index contributed by atoms with van der Waals surface area (Å²) in [4.78, 5) is 10.2. The van der Waals surface area contributed by atoms with Crippen LogP contribution in [0.3, 0.4) is 0 Å². The number of nitrogens with one attached hydrogen (secondary N) is 1. The summed E-state index contributed by atoms with van der Waals surface area (Å²) in [6.07, 6.45) is 4.79. The van der Waals surface area contributed by atoms with Gasteiger partial charge in [0.15, 0.2) is 12.5 Å². The third kappa shape index (κ3) is 3.35. The van der Waals surface area contributed by atoms with Gasteiger partial charge < -0.3 is 9.47 Å². The van der Waals surface area contributed by atoms with E-state index in [1.807, 2.05) is 0 Å². The highest BCUT2D eigenvalue weighted by atomic mass is 16.5. The average Bonchev–Trinajstić information content (AvgIpc) is 3.52. The van der Waals surface area contributed by atoms with Gasteiger partial charge in [-0.1, -0.05) is 61.1 Å². The lowest BCUT2D eigenvalue weighted by atomic mass is 9.76. The van der Waals surface area contributed by atoms with Gasteiger partial charge in [-0.15, -0.1) is 0 Å². The van der Waals surface area contributed by atoms with E-state index in [4.69, 9.17) is 19.5 Å². The summed E-state index contributed by atoms with van der Waals surface area (Å²) in [6.45, 7) is 4.20. The molecule has 3 aliphatic heterocycles. The lowest BCUT2D eigenvalue weighted by Crippen LogP contribution is -2.61. The number of piperidine rings is 1. The summed E-state index contributed by atoms with van der Waals surface area (Å²) >= 11 is 0. The molecule has 5 heteroatoms. The van der Waals surface area contributed by atoms with Crippen molar-refractivity contribution in [1.29, 1.82) is 0 Å². The van der Waals surface area contributed by atoms with Gasteiger partial charge in [0.1, 0.15) is 12.1 Å². The first kappa shape index (κ1) is 19.1. The smallest absolute Gasteiger partial charge is 0.218 e. The number of fused-ring (bicyclic) bond motifs is 2. The van der Waals surface area contributed by atoms with Crippen LogP contribution < -0.4 is 5.32 Å². The van der Waals surface area contributed by atoms with E-state index < -0.39 is 0 Å². The second kappa shape index (κ2) is 7.49. The number of benzene rings is 2. The molecule has 4 unspecified atom stereocenters. The average molecular weight is 416 g/mol. The monoisotopic (exact) mass is 415 g/mol. The summed E-state index contributed by atoms with van der Waals surface area (Å²) < 4.78 is 12.7. The van der Waals surface area contributed by atoms with Crippen molar-refractivity contribution in [3.05, 3.63) is 70.8 Å². The minimum Gasteiger partial charge on any atom is -0.456 e. The molecule has 6 rings (SSSR count). The largest absolute Gasteiger partial charge is 0.456 e. The number of hydrogen-bond donors (Lipinski definition) is 1. The van der Waals surface area contributed by atoms with Crippen molar-refractivity contribution < 1.29 is 9.47 Å². The quantitative estimate of drug-likeness (QED) is 0.811. The van der Waals surface area contributed by atoms with Crippen molar-refractivity contribution in [1.82, 2.24) is 5.32 Å². The van der Waals surface area contributed by atoms with Gasteiger partial charge in [0, 0.05) is 17.0 Å².